The molecule has 292 valence electrons. The number of carbonyl (C=O) groups is 4. The van der Waals surface area contributed by atoms with Crippen molar-refractivity contribution in [2.45, 2.75) is 141 Å². The van der Waals surface area contributed by atoms with E-state index in [1.165, 1.54) is 30.4 Å². The maximum Gasteiger partial charge on any atom is 0.245 e. The minimum atomic E-state index is -0.538. The summed E-state index contributed by atoms with van der Waals surface area (Å²) in [6.45, 7) is 4.31. The summed E-state index contributed by atoms with van der Waals surface area (Å²) >= 11 is 0. The molecule has 2 aliphatic rings. The molecule has 3 N–H and O–H groups in total. The Bertz CT molecular complexity index is 1370. The number of nitrogens with zero attached hydrogens (tertiary/aromatic N) is 2. The van der Waals surface area contributed by atoms with Crippen molar-refractivity contribution in [3.8, 4) is 0 Å². The Kier molecular flexibility index (Phi) is 18.9. The molecule has 1 saturated heterocycles. The second-order valence-electron chi connectivity index (χ2n) is 15.4. The zero-order valence-electron chi connectivity index (χ0n) is 32.7. The van der Waals surface area contributed by atoms with E-state index >= 15 is 0 Å². The number of amides is 4. The zero-order valence-corrected chi connectivity index (χ0v) is 32.7. The fourth-order valence-corrected chi connectivity index (χ4v) is 7.91. The SMILES string of the molecule is CN[C@@H](C)C(=O)N[C@@H](CC1CCCCC1)C(=O)N1CCC[C@H]1CN(CCc1ccccc1)C(=O)CCCCCCCCC(=O)NCCc1ccccc1. The van der Waals surface area contributed by atoms with Crippen molar-refractivity contribution < 1.29 is 19.2 Å². The van der Waals surface area contributed by atoms with Crippen LogP contribution in [-0.2, 0) is 32.0 Å². The van der Waals surface area contributed by atoms with Crippen LogP contribution in [0.2, 0.25) is 0 Å². The fraction of sp³-hybridized carbons (Fsp3) is 0.636. The second kappa shape index (κ2) is 23.8. The van der Waals surface area contributed by atoms with Crippen LogP contribution in [-0.4, -0.2) is 84.8 Å². The number of hydrogen-bond acceptors (Lipinski definition) is 5. The lowest BCUT2D eigenvalue weighted by Gasteiger charge is -2.35. The molecule has 1 saturated carbocycles. The molecular weight excluding hydrogens is 663 g/mol. The van der Waals surface area contributed by atoms with Crippen LogP contribution in [0.1, 0.15) is 121 Å². The Hall–Kier alpha value is -3.72. The third kappa shape index (κ3) is 15.3. The van der Waals surface area contributed by atoms with Crippen molar-refractivity contribution in [1.82, 2.24) is 25.8 Å². The predicted octanol–water partition coefficient (Wildman–Crippen LogP) is 6.59. The van der Waals surface area contributed by atoms with Gasteiger partial charge >= 0.3 is 0 Å². The van der Waals surface area contributed by atoms with Crippen LogP contribution in [0, 0.1) is 5.92 Å². The first-order chi connectivity index (χ1) is 25.8. The Morgan fingerprint density at radius 3 is 2.06 bits per heavy atom. The van der Waals surface area contributed by atoms with Crippen molar-refractivity contribution in [1.29, 1.82) is 0 Å². The molecule has 0 radical (unpaired) electrons. The number of unbranched alkanes of at least 4 members (excludes halogenated alkanes) is 5. The van der Waals surface area contributed by atoms with Gasteiger partial charge in [-0.2, -0.15) is 0 Å². The van der Waals surface area contributed by atoms with Gasteiger partial charge in [0.15, 0.2) is 0 Å². The van der Waals surface area contributed by atoms with Crippen molar-refractivity contribution in [3.63, 3.8) is 0 Å². The van der Waals surface area contributed by atoms with E-state index in [9.17, 15) is 19.2 Å². The average molecular weight is 730 g/mol. The first-order valence-corrected chi connectivity index (χ1v) is 20.7. The van der Waals surface area contributed by atoms with Gasteiger partial charge < -0.3 is 25.8 Å². The molecule has 1 heterocycles. The van der Waals surface area contributed by atoms with Crippen LogP contribution < -0.4 is 16.0 Å². The molecule has 0 bridgehead atoms. The number of nitrogens with one attached hydrogen (secondary N) is 3. The van der Waals surface area contributed by atoms with Gasteiger partial charge in [-0.05, 0) is 76.0 Å². The van der Waals surface area contributed by atoms with Gasteiger partial charge in [-0.25, -0.2) is 0 Å². The van der Waals surface area contributed by atoms with Gasteiger partial charge in [0, 0.05) is 45.1 Å². The van der Waals surface area contributed by atoms with Crippen LogP contribution in [0.15, 0.2) is 60.7 Å². The molecule has 4 rings (SSSR count). The zero-order chi connectivity index (χ0) is 37.7. The smallest absolute Gasteiger partial charge is 0.245 e. The van der Waals surface area contributed by atoms with E-state index in [0.717, 1.165) is 77.0 Å². The third-order valence-electron chi connectivity index (χ3n) is 11.3. The van der Waals surface area contributed by atoms with Crippen molar-refractivity contribution in [2.24, 2.45) is 5.92 Å². The van der Waals surface area contributed by atoms with Gasteiger partial charge in [0.2, 0.25) is 23.6 Å². The summed E-state index contributed by atoms with van der Waals surface area (Å²) in [5.41, 5.74) is 2.43. The standard InChI is InChI=1S/C44H67N5O4/c1-35(45-2)43(52)47-40(33-38-23-14-9-15-24-38)44(53)49-31-18-25-39(49)34-48(32-29-37-21-12-8-13-22-37)42(51)27-17-6-4-3-5-16-26-41(50)46-30-28-36-19-10-7-11-20-36/h7-8,10-13,19-22,35,38-40,45H,3-6,9,14-18,23-34H2,1-2H3,(H,46,50)(H,47,52)/t35-,39-,40-/m0/s1. The largest absolute Gasteiger partial charge is 0.356 e. The number of rotatable bonds is 23. The molecule has 2 fully saturated rings. The average Bonchev–Trinajstić information content (AvgIpc) is 3.65. The Balaban J connectivity index is 1.24. The molecule has 2 aromatic carbocycles. The topological polar surface area (TPSA) is 111 Å². The van der Waals surface area contributed by atoms with Gasteiger partial charge in [-0.15, -0.1) is 0 Å². The summed E-state index contributed by atoms with van der Waals surface area (Å²) in [4.78, 5) is 57.2. The summed E-state index contributed by atoms with van der Waals surface area (Å²) < 4.78 is 0. The Labute approximate surface area is 319 Å². The van der Waals surface area contributed by atoms with Crippen LogP contribution in [0.3, 0.4) is 0 Å². The monoisotopic (exact) mass is 730 g/mol. The number of benzene rings is 2. The number of likely N-dealkylation sites (N-methyl/N-ethyl adjacent to an activating group) is 1. The van der Waals surface area contributed by atoms with Gasteiger partial charge in [-0.1, -0.05) is 118 Å². The first-order valence-electron chi connectivity index (χ1n) is 20.7. The van der Waals surface area contributed by atoms with Crippen molar-refractivity contribution >= 4 is 23.6 Å². The highest BCUT2D eigenvalue weighted by Crippen LogP contribution is 2.29. The van der Waals surface area contributed by atoms with Gasteiger partial charge in [0.1, 0.15) is 6.04 Å². The van der Waals surface area contributed by atoms with E-state index < -0.39 is 6.04 Å². The predicted molar refractivity (Wildman–Crippen MR) is 213 cm³/mol. The first kappa shape index (κ1) is 42.0. The minimum absolute atomic E-state index is 0.00912. The second-order valence-corrected chi connectivity index (χ2v) is 15.4. The van der Waals surface area contributed by atoms with Crippen molar-refractivity contribution in [3.05, 3.63) is 71.8 Å². The fourth-order valence-electron chi connectivity index (χ4n) is 7.91. The lowest BCUT2D eigenvalue weighted by molar-refractivity contribution is -0.140. The van der Waals surface area contributed by atoms with Gasteiger partial charge in [0.05, 0.1) is 6.04 Å². The van der Waals surface area contributed by atoms with E-state index in [1.807, 2.05) is 53.1 Å². The lowest BCUT2D eigenvalue weighted by atomic mass is 9.84. The molecule has 1 aliphatic carbocycles. The number of carbonyl (C=O) groups excluding carboxylic acids is 4. The van der Waals surface area contributed by atoms with Crippen LogP contribution in [0.25, 0.3) is 0 Å². The summed E-state index contributed by atoms with van der Waals surface area (Å²) in [6, 6.07) is 19.5. The molecule has 0 aromatic heterocycles. The van der Waals surface area contributed by atoms with E-state index in [4.69, 9.17) is 0 Å². The van der Waals surface area contributed by atoms with E-state index in [0.29, 0.717) is 51.4 Å². The molecule has 0 spiro atoms. The highest BCUT2D eigenvalue weighted by molar-refractivity contribution is 5.90. The molecular formula is C44H67N5O4. The van der Waals surface area contributed by atoms with E-state index in [-0.39, 0.29) is 35.7 Å². The highest BCUT2D eigenvalue weighted by atomic mass is 16.2. The quantitative estimate of drug-likeness (QED) is 0.112. The Morgan fingerprint density at radius 2 is 1.40 bits per heavy atom. The lowest BCUT2D eigenvalue weighted by Crippen LogP contribution is -2.55. The summed E-state index contributed by atoms with van der Waals surface area (Å²) in [5, 5.41) is 9.16. The van der Waals surface area contributed by atoms with Gasteiger partial charge in [0.25, 0.3) is 0 Å². The van der Waals surface area contributed by atoms with E-state index in [1.54, 1.807) is 7.05 Å². The Morgan fingerprint density at radius 1 is 0.774 bits per heavy atom. The van der Waals surface area contributed by atoms with Crippen LogP contribution >= 0.6 is 0 Å². The minimum Gasteiger partial charge on any atom is -0.356 e. The summed E-state index contributed by atoms with van der Waals surface area (Å²) in [5.74, 6) is 0.592. The van der Waals surface area contributed by atoms with Crippen LogP contribution in [0.5, 0.6) is 0 Å². The maximum atomic E-state index is 14.2. The maximum absolute atomic E-state index is 14.2. The van der Waals surface area contributed by atoms with E-state index in [2.05, 4.69) is 40.2 Å². The summed E-state index contributed by atoms with van der Waals surface area (Å²) in [6.07, 6.45) is 16.8. The molecule has 2 aromatic rings. The molecule has 0 unspecified atom stereocenters. The molecule has 3 atom stereocenters. The molecule has 9 nitrogen and oxygen atoms in total. The van der Waals surface area contributed by atoms with Gasteiger partial charge in [-0.3, -0.25) is 19.2 Å². The molecule has 4 amide bonds. The number of hydrogen-bond donors (Lipinski definition) is 3. The normalized spacial score (nSPS) is 17.2. The third-order valence-corrected chi connectivity index (χ3v) is 11.3. The molecule has 53 heavy (non-hydrogen) atoms. The van der Waals surface area contributed by atoms with Crippen molar-refractivity contribution in [2.75, 3.05) is 33.2 Å². The van der Waals surface area contributed by atoms with Crippen LogP contribution in [0.4, 0.5) is 0 Å². The summed E-state index contributed by atoms with van der Waals surface area (Å²) in [7, 11) is 1.76. The number of likely N-dealkylation sites (tertiary alicyclic amines) is 1. The molecule has 9 heteroatoms. The highest BCUT2D eigenvalue weighted by Gasteiger charge is 2.37. The molecule has 1 aliphatic heterocycles.